The summed E-state index contributed by atoms with van der Waals surface area (Å²) in [6, 6.07) is -0.000000000000000444. The van der Waals surface area contributed by atoms with Crippen molar-refractivity contribution in [2.75, 3.05) is 11.5 Å². The molecule has 0 aliphatic carbocycles. The summed E-state index contributed by atoms with van der Waals surface area (Å²) in [5.74, 6) is 0.530. The first-order chi connectivity index (χ1) is 5.07. The second-order valence-corrected chi connectivity index (χ2v) is 7.56. The van der Waals surface area contributed by atoms with Crippen LogP contribution >= 0.6 is 0 Å². The minimum atomic E-state index is -2.78. The molecule has 2 heterocycles. The third kappa shape index (κ3) is 1.30. The standard InChI is InChI=1S/C5H8N2O2SSe/c6-5-7-3-1-10(8,9)2-4(3)11-5/h3-4H,1-2H2,(H2,6,7). The zero-order valence-corrected chi connectivity index (χ0v) is 8.26. The predicted octanol–water partition coefficient (Wildman–Crippen LogP) is -1.40. The number of nitrogens with zero attached hydrogens (tertiary/aromatic N) is 1. The van der Waals surface area contributed by atoms with Crippen molar-refractivity contribution >= 4 is 29.5 Å². The Balaban J connectivity index is 2.26. The van der Waals surface area contributed by atoms with Crippen LogP contribution in [0.3, 0.4) is 0 Å². The molecule has 2 rings (SSSR count). The van der Waals surface area contributed by atoms with Crippen LogP contribution in [-0.4, -0.2) is 45.7 Å². The van der Waals surface area contributed by atoms with E-state index in [-0.39, 0.29) is 31.6 Å². The van der Waals surface area contributed by atoms with Crippen LogP contribution in [-0.2, 0) is 9.84 Å². The van der Waals surface area contributed by atoms with Crippen molar-refractivity contribution in [2.45, 2.75) is 10.9 Å². The van der Waals surface area contributed by atoms with Gasteiger partial charge in [0, 0.05) is 0 Å². The summed E-state index contributed by atoms with van der Waals surface area (Å²) in [5, 5.41) is 0. The van der Waals surface area contributed by atoms with Crippen LogP contribution < -0.4 is 5.73 Å². The van der Waals surface area contributed by atoms with Crippen LogP contribution in [0.4, 0.5) is 0 Å². The number of hydrogen-bond acceptors (Lipinski definition) is 4. The van der Waals surface area contributed by atoms with Gasteiger partial charge < -0.3 is 0 Å². The summed E-state index contributed by atoms with van der Waals surface area (Å²) in [4.78, 5) is 4.33. The van der Waals surface area contributed by atoms with E-state index in [1.54, 1.807) is 0 Å². The SMILES string of the molecule is NC1=NC2CS(=O)(=O)CC2[Se]1. The first-order valence-electron chi connectivity index (χ1n) is 3.27. The number of hydrogen-bond donors (Lipinski definition) is 1. The molecule has 0 radical (unpaired) electrons. The first-order valence-corrected chi connectivity index (χ1v) is 6.94. The van der Waals surface area contributed by atoms with Gasteiger partial charge >= 0.3 is 71.0 Å². The van der Waals surface area contributed by atoms with E-state index in [2.05, 4.69) is 4.99 Å². The van der Waals surface area contributed by atoms with Gasteiger partial charge in [-0.25, -0.2) is 0 Å². The Hall–Kier alpha value is -0.0605. The van der Waals surface area contributed by atoms with E-state index in [0.717, 1.165) is 0 Å². The average molecular weight is 239 g/mol. The van der Waals surface area contributed by atoms with Gasteiger partial charge in [0.1, 0.15) is 0 Å². The Morgan fingerprint density at radius 2 is 2.27 bits per heavy atom. The van der Waals surface area contributed by atoms with Gasteiger partial charge in [0.25, 0.3) is 0 Å². The van der Waals surface area contributed by atoms with Crippen LogP contribution in [0.25, 0.3) is 0 Å². The molecule has 0 aromatic rings. The molecule has 0 aromatic carbocycles. The van der Waals surface area contributed by atoms with Gasteiger partial charge in [0.15, 0.2) is 0 Å². The van der Waals surface area contributed by atoms with Crippen molar-refractivity contribution in [1.82, 2.24) is 0 Å². The molecule has 2 aliphatic rings. The summed E-state index contributed by atoms with van der Waals surface area (Å²) >= 11 is 0.133. The van der Waals surface area contributed by atoms with E-state index in [4.69, 9.17) is 5.73 Å². The summed E-state index contributed by atoms with van der Waals surface area (Å²) in [5.41, 5.74) is 5.50. The number of nitrogens with two attached hydrogens (primary N) is 1. The quantitative estimate of drug-likeness (QED) is 0.529. The fraction of sp³-hybridized carbons (Fsp3) is 0.800. The van der Waals surface area contributed by atoms with Gasteiger partial charge in [-0.15, -0.1) is 0 Å². The molecule has 11 heavy (non-hydrogen) atoms. The van der Waals surface area contributed by atoms with E-state index in [1.807, 2.05) is 0 Å². The summed E-state index contributed by atoms with van der Waals surface area (Å²) in [6.07, 6.45) is 0. The van der Waals surface area contributed by atoms with Crippen molar-refractivity contribution < 1.29 is 8.42 Å². The molecular weight excluding hydrogens is 231 g/mol. The maximum atomic E-state index is 11.1. The number of amidine groups is 1. The minimum absolute atomic E-state index is 0.000000000000000444. The van der Waals surface area contributed by atoms with Crippen molar-refractivity contribution in [1.29, 1.82) is 0 Å². The van der Waals surface area contributed by atoms with E-state index < -0.39 is 9.84 Å². The molecule has 1 saturated heterocycles. The monoisotopic (exact) mass is 240 g/mol. The Kier molecular flexibility index (Phi) is 1.53. The van der Waals surface area contributed by atoms with E-state index in [9.17, 15) is 8.42 Å². The fourth-order valence-corrected chi connectivity index (χ4v) is 6.86. The van der Waals surface area contributed by atoms with Crippen LogP contribution in [0, 0.1) is 0 Å². The molecule has 0 aromatic heterocycles. The third-order valence-electron chi connectivity index (χ3n) is 1.84. The molecule has 6 heteroatoms. The van der Waals surface area contributed by atoms with Crippen molar-refractivity contribution in [2.24, 2.45) is 10.7 Å². The Bertz CT molecular complexity index is 310. The Morgan fingerprint density at radius 3 is 2.91 bits per heavy atom. The fourth-order valence-electron chi connectivity index (χ4n) is 1.38. The van der Waals surface area contributed by atoms with Crippen molar-refractivity contribution in [3.8, 4) is 0 Å². The average Bonchev–Trinajstić information content (AvgIpc) is 2.17. The number of fused-ring (bicyclic) bond motifs is 1. The third-order valence-corrected chi connectivity index (χ3v) is 6.40. The van der Waals surface area contributed by atoms with Gasteiger partial charge in [-0.1, -0.05) is 0 Å². The second kappa shape index (κ2) is 2.21. The molecule has 2 atom stereocenters. The molecule has 0 bridgehead atoms. The predicted molar refractivity (Wildman–Crippen MR) is 43.6 cm³/mol. The second-order valence-electron chi connectivity index (χ2n) is 2.77. The summed E-state index contributed by atoms with van der Waals surface area (Å²) in [6.45, 7) is 0. The van der Waals surface area contributed by atoms with Gasteiger partial charge in [0.05, 0.1) is 0 Å². The van der Waals surface area contributed by atoms with Crippen LogP contribution in [0.15, 0.2) is 4.99 Å². The van der Waals surface area contributed by atoms with Crippen LogP contribution in [0.5, 0.6) is 0 Å². The summed E-state index contributed by atoms with van der Waals surface area (Å²) in [7, 11) is -2.78. The molecule has 1 fully saturated rings. The molecule has 62 valence electrons. The summed E-state index contributed by atoms with van der Waals surface area (Å²) < 4.78 is 22.8. The van der Waals surface area contributed by atoms with Gasteiger partial charge in [0.2, 0.25) is 0 Å². The molecule has 0 saturated carbocycles. The van der Waals surface area contributed by atoms with Gasteiger partial charge in [-0.05, 0) is 0 Å². The van der Waals surface area contributed by atoms with Crippen LogP contribution in [0.1, 0.15) is 0 Å². The number of sulfone groups is 1. The molecule has 2 N–H and O–H groups in total. The Labute approximate surface area is 71.3 Å². The molecule has 0 amide bonds. The van der Waals surface area contributed by atoms with Crippen molar-refractivity contribution in [3.05, 3.63) is 0 Å². The molecular formula is C5H8N2O2SSe. The number of aliphatic imine (C=N–C) groups is 1. The first kappa shape index (κ1) is 7.58. The van der Waals surface area contributed by atoms with Gasteiger partial charge in [-0.3, -0.25) is 0 Å². The molecule has 0 spiro atoms. The Morgan fingerprint density at radius 1 is 1.55 bits per heavy atom. The van der Waals surface area contributed by atoms with Crippen molar-refractivity contribution in [3.63, 3.8) is 0 Å². The molecule has 4 nitrogen and oxygen atoms in total. The van der Waals surface area contributed by atoms with Crippen LogP contribution in [0.2, 0.25) is 4.82 Å². The number of rotatable bonds is 0. The van der Waals surface area contributed by atoms with E-state index in [0.29, 0.717) is 10.5 Å². The topological polar surface area (TPSA) is 72.5 Å². The zero-order valence-electron chi connectivity index (χ0n) is 5.73. The molecule has 2 aliphatic heterocycles. The van der Waals surface area contributed by atoms with E-state index >= 15 is 0 Å². The zero-order chi connectivity index (χ0) is 8.06. The van der Waals surface area contributed by atoms with E-state index in [1.165, 1.54) is 0 Å². The molecule has 2 unspecified atom stereocenters. The normalized spacial score (nSPS) is 40.2. The maximum absolute atomic E-state index is 11.1. The van der Waals surface area contributed by atoms with Gasteiger partial charge in [-0.2, -0.15) is 0 Å².